The summed E-state index contributed by atoms with van der Waals surface area (Å²) in [5.74, 6) is -0.212. The number of methoxy groups -OCH3 is 1. The lowest BCUT2D eigenvalue weighted by atomic mass is 10.1. The van der Waals surface area contributed by atoms with E-state index in [4.69, 9.17) is 25.8 Å². The van der Waals surface area contributed by atoms with Gasteiger partial charge in [-0.15, -0.1) is 0 Å². The molecule has 6 nitrogen and oxygen atoms in total. The van der Waals surface area contributed by atoms with E-state index in [0.29, 0.717) is 11.5 Å². The van der Waals surface area contributed by atoms with E-state index in [2.05, 4.69) is 5.32 Å². The van der Waals surface area contributed by atoms with E-state index in [-0.39, 0.29) is 28.6 Å². The average molecular weight is 412 g/mol. The molecular weight excluding hydrogens is 382 g/mol. The molecule has 2 rings (SSSR count). The molecule has 1 aliphatic rings. The van der Waals surface area contributed by atoms with Gasteiger partial charge in [-0.25, -0.2) is 4.79 Å². The molecule has 0 bridgehead atoms. The third-order valence-corrected chi connectivity index (χ3v) is 4.95. The van der Waals surface area contributed by atoms with Crippen LogP contribution in [0.4, 0.5) is 0 Å². The molecule has 0 unspecified atom stereocenters. The smallest absolute Gasteiger partial charge is 0.339 e. The lowest BCUT2D eigenvalue weighted by molar-refractivity contribution is -0.129. The van der Waals surface area contributed by atoms with Crippen molar-refractivity contribution in [3.05, 3.63) is 22.7 Å². The van der Waals surface area contributed by atoms with Crippen LogP contribution >= 0.6 is 11.6 Å². The Morgan fingerprint density at radius 2 is 1.75 bits per heavy atom. The Bertz CT molecular complexity index is 684. The summed E-state index contributed by atoms with van der Waals surface area (Å²) in [7, 11) is 1.47. The monoisotopic (exact) mass is 411 g/mol. The summed E-state index contributed by atoms with van der Waals surface area (Å²) < 4.78 is 16.3. The maximum absolute atomic E-state index is 12.5. The Kier molecular flexibility index (Phi) is 8.42. The molecule has 0 aromatic heterocycles. The summed E-state index contributed by atoms with van der Waals surface area (Å²) in [5.41, 5.74) is 0.201. The summed E-state index contributed by atoms with van der Waals surface area (Å²) >= 11 is 6.25. The number of hydrogen-bond acceptors (Lipinski definition) is 5. The molecule has 0 radical (unpaired) electrons. The Hall–Kier alpha value is -1.95. The minimum absolute atomic E-state index is 0.100. The molecule has 1 saturated carbocycles. The van der Waals surface area contributed by atoms with Crippen LogP contribution in [-0.2, 0) is 9.53 Å². The zero-order chi connectivity index (χ0) is 20.7. The predicted octanol–water partition coefficient (Wildman–Crippen LogP) is 4.52. The fourth-order valence-electron chi connectivity index (χ4n) is 3.21. The lowest BCUT2D eigenvalue weighted by Gasteiger charge is -2.20. The van der Waals surface area contributed by atoms with Gasteiger partial charge in [0, 0.05) is 6.04 Å². The standard InChI is InChI=1S/C21H30ClNO5/c1-13(2)27-19-17(22)11-15(12-18(19)26-4)21(25)28-14(3)20(24)23-16-9-7-5-6-8-10-16/h11-14,16H,5-10H2,1-4H3,(H,23,24)/t14-/m1/s1. The van der Waals surface area contributed by atoms with Gasteiger partial charge in [-0.05, 0) is 45.7 Å². The number of rotatable bonds is 7. The highest BCUT2D eigenvalue weighted by atomic mass is 35.5. The van der Waals surface area contributed by atoms with Crippen molar-refractivity contribution in [2.75, 3.05) is 7.11 Å². The highest BCUT2D eigenvalue weighted by Gasteiger charge is 2.24. The molecular formula is C21H30ClNO5. The van der Waals surface area contributed by atoms with Gasteiger partial charge >= 0.3 is 5.97 Å². The number of halogens is 1. The van der Waals surface area contributed by atoms with Crippen LogP contribution in [0.3, 0.4) is 0 Å². The first-order valence-electron chi connectivity index (χ1n) is 9.87. The largest absolute Gasteiger partial charge is 0.493 e. The second kappa shape index (κ2) is 10.6. The van der Waals surface area contributed by atoms with E-state index in [1.54, 1.807) is 6.92 Å². The van der Waals surface area contributed by atoms with Crippen LogP contribution in [0.2, 0.25) is 5.02 Å². The van der Waals surface area contributed by atoms with Crippen LogP contribution in [0.25, 0.3) is 0 Å². The van der Waals surface area contributed by atoms with Crippen molar-refractivity contribution in [3.8, 4) is 11.5 Å². The van der Waals surface area contributed by atoms with Crippen molar-refractivity contribution < 1.29 is 23.8 Å². The van der Waals surface area contributed by atoms with Gasteiger partial charge in [-0.2, -0.15) is 0 Å². The summed E-state index contributed by atoms with van der Waals surface area (Å²) in [6.45, 7) is 5.30. The maximum Gasteiger partial charge on any atom is 0.339 e. The first kappa shape index (κ1) is 22.3. The topological polar surface area (TPSA) is 73.9 Å². The quantitative estimate of drug-likeness (QED) is 0.527. The molecule has 0 aliphatic heterocycles. The molecule has 1 amide bonds. The van der Waals surface area contributed by atoms with Crippen LogP contribution in [0.5, 0.6) is 11.5 Å². The molecule has 0 heterocycles. The zero-order valence-electron chi connectivity index (χ0n) is 17.0. The SMILES string of the molecule is COc1cc(C(=O)O[C@H](C)C(=O)NC2CCCCCC2)cc(Cl)c1OC(C)C. The molecule has 0 spiro atoms. The van der Waals surface area contributed by atoms with E-state index in [1.165, 1.54) is 32.1 Å². The van der Waals surface area contributed by atoms with Gasteiger partial charge in [0.05, 0.1) is 23.8 Å². The Morgan fingerprint density at radius 3 is 2.32 bits per heavy atom. The van der Waals surface area contributed by atoms with Gasteiger partial charge in [-0.3, -0.25) is 4.79 Å². The summed E-state index contributed by atoms with van der Waals surface area (Å²) in [4.78, 5) is 24.9. The summed E-state index contributed by atoms with van der Waals surface area (Å²) in [6, 6.07) is 3.11. The van der Waals surface area contributed by atoms with Crippen LogP contribution in [0.15, 0.2) is 12.1 Å². The Balaban J connectivity index is 2.02. The molecule has 1 fully saturated rings. The normalized spacial score (nSPS) is 16.2. The first-order chi connectivity index (χ1) is 13.3. The number of carbonyl (C=O) groups is 2. The third-order valence-electron chi connectivity index (χ3n) is 4.67. The third kappa shape index (κ3) is 6.30. The van der Waals surface area contributed by atoms with Crippen molar-refractivity contribution in [1.82, 2.24) is 5.32 Å². The van der Waals surface area contributed by atoms with Gasteiger partial charge in [-0.1, -0.05) is 37.3 Å². The second-order valence-corrected chi connectivity index (χ2v) is 7.81. The van der Waals surface area contributed by atoms with Crippen molar-refractivity contribution in [1.29, 1.82) is 0 Å². The second-order valence-electron chi connectivity index (χ2n) is 7.40. The van der Waals surface area contributed by atoms with Gasteiger partial charge in [0.2, 0.25) is 0 Å². The van der Waals surface area contributed by atoms with Gasteiger partial charge in [0.25, 0.3) is 5.91 Å². The predicted molar refractivity (Wildman–Crippen MR) is 108 cm³/mol. The summed E-state index contributed by atoms with van der Waals surface area (Å²) in [5, 5.41) is 3.24. The molecule has 1 aromatic rings. The Labute approximate surface area is 171 Å². The van der Waals surface area contributed by atoms with E-state index in [9.17, 15) is 9.59 Å². The van der Waals surface area contributed by atoms with Crippen LogP contribution in [-0.4, -0.2) is 37.2 Å². The van der Waals surface area contributed by atoms with Crippen molar-refractivity contribution >= 4 is 23.5 Å². The highest BCUT2D eigenvalue weighted by Crippen LogP contribution is 2.37. The molecule has 1 atom stereocenters. The number of esters is 1. The van der Waals surface area contributed by atoms with Crippen molar-refractivity contribution in [2.45, 2.75) is 77.5 Å². The lowest BCUT2D eigenvalue weighted by Crippen LogP contribution is -2.41. The maximum atomic E-state index is 12.5. The molecule has 28 heavy (non-hydrogen) atoms. The first-order valence-corrected chi connectivity index (χ1v) is 10.2. The number of carbonyl (C=O) groups excluding carboxylic acids is 2. The molecule has 0 saturated heterocycles. The molecule has 1 N–H and O–H groups in total. The minimum Gasteiger partial charge on any atom is -0.493 e. The van der Waals surface area contributed by atoms with Gasteiger partial charge in [0.1, 0.15) is 0 Å². The number of nitrogens with one attached hydrogen (secondary N) is 1. The zero-order valence-corrected chi connectivity index (χ0v) is 17.8. The fraction of sp³-hybridized carbons (Fsp3) is 0.619. The van der Waals surface area contributed by atoms with Crippen molar-refractivity contribution in [3.63, 3.8) is 0 Å². The van der Waals surface area contributed by atoms with E-state index in [0.717, 1.165) is 25.7 Å². The molecule has 7 heteroatoms. The summed E-state index contributed by atoms with van der Waals surface area (Å²) in [6.07, 6.45) is 5.58. The Morgan fingerprint density at radius 1 is 1.11 bits per heavy atom. The van der Waals surface area contributed by atoms with Crippen LogP contribution in [0.1, 0.15) is 69.7 Å². The van der Waals surface area contributed by atoms with Crippen LogP contribution < -0.4 is 14.8 Å². The van der Waals surface area contributed by atoms with Crippen LogP contribution in [0, 0.1) is 0 Å². The van der Waals surface area contributed by atoms with E-state index < -0.39 is 12.1 Å². The highest BCUT2D eigenvalue weighted by molar-refractivity contribution is 6.32. The molecule has 1 aliphatic carbocycles. The van der Waals surface area contributed by atoms with Gasteiger partial charge < -0.3 is 19.5 Å². The minimum atomic E-state index is -0.896. The number of amides is 1. The number of hydrogen-bond donors (Lipinski definition) is 1. The fourth-order valence-corrected chi connectivity index (χ4v) is 3.47. The average Bonchev–Trinajstić information content (AvgIpc) is 2.91. The number of ether oxygens (including phenoxy) is 3. The van der Waals surface area contributed by atoms with Gasteiger partial charge in [0.15, 0.2) is 17.6 Å². The number of benzene rings is 1. The van der Waals surface area contributed by atoms with Crippen molar-refractivity contribution in [2.24, 2.45) is 0 Å². The van der Waals surface area contributed by atoms with E-state index in [1.807, 2.05) is 13.8 Å². The van der Waals surface area contributed by atoms with E-state index >= 15 is 0 Å². The molecule has 1 aromatic carbocycles. The molecule has 156 valence electrons.